The molecule has 0 aromatic heterocycles. The topological polar surface area (TPSA) is 77.0 Å². The highest BCUT2D eigenvalue weighted by atomic mass is 16.6. The summed E-state index contributed by atoms with van der Waals surface area (Å²) in [6.45, 7) is 4.17. The molecular weight excluding hydrogens is 310 g/mol. The van der Waals surface area contributed by atoms with Crippen molar-refractivity contribution in [3.8, 4) is 0 Å². The number of aliphatic hydroxyl groups excluding tert-OH is 1. The average Bonchev–Trinajstić information content (AvgIpc) is 3.15. The number of hydrogen-bond acceptors (Lipinski definition) is 5. The normalized spacial score (nSPS) is 31.6. The molecule has 0 unspecified atom stereocenters. The molecular formula is C18H23NO5. The lowest BCUT2D eigenvalue weighted by Gasteiger charge is -2.23. The lowest BCUT2D eigenvalue weighted by molar-refractivity contribution is -0.118. The fourth-order valence-electron chi connectivity index (χ4n) is 3.23. The Morgan fingerprint density at radius 3 is 2.88 bits per heavy atom. The first-order valence-corrected chi connectivity index (χ1v) is 8.19. The quantitative estimate of drug-likeness (QED) is 0.722. The van der Waals surface area contributed by atoms with Crippen molar-refractivity contribution in [3.63, 3.8) is 0 Å². The van der Waals surface area contributed by atoms with Gasteiger partial charge in [-0.3, -0.25) is 4.79 Å². The Balaban J connectivity index is 1.56. The van der Waals surface area contributed by atoms with E-state index in [0.717, 1.165) is 5.56 Å². The van der Waals surface area contributed by atoms with Crippen LogP contribution in [0.25, 0.3) is 0 Å². The zero-order chi connectivity index (χ0) is 16.9. The van der Waals surface area contributed by atoms with E-state index in [9.17, 15) is 9.90 Å². The Morgan fingerprint density at radius 1 is 1.38 bits per heavy atom. The van der Waals surface area contributed by atoms with Gasteiger partial charge in [-0.2, -0.15) is 0 Å². The molecule has 130 valence electrons. The molecule has 6 heteroatoms. The van der Waals surface area contributed by atoms with Gasteiger partial charge >= 0.3 is 0 Å². The first kappa shape index (κ1) is 17.1. The molecule has 5 atom stereocenters. The molecule has 2 fully saturated rings. The number of amides is 1. The molecule has 1 amide bonds. The van der Waals surface area contributed by atoms with Crippen LogP contribution in [-0.2, 0) is 25.6 Å². The van der Waals surface area contributed by atoms with Gasteiger partial charge in [-0.25, -0.2) is 0 Å². The van der Waals surface area contributed by atoms with Gasteiger partial charge in [-0.05, 0) is 11.6 Å². The zero-order valence-corrected chi connectivity index (χ0v) is 13.5. The van der Waals surface area contributed by atoms with Gasteiger partial charge in [0.2, 0.25) is 5.91 Å². The fraction of sp³-hybridized carbons (Fsp3) is 0.500. The monoisotopic (exact) mass is 333 g/mol. The van der Waals surface area contributed by atoms with Crippen LogP contribution in [0.5, 0.6) is 0 Å². The number of hydrogen-bond donors (Lipinski definition) is 2. The minimum absolute atomic E-state index is 0.103. The second-order valence-corrected chi connectivity index (χ2v) is 6.06. The van der Waals surface area contributed by atoms with E-state index in [1.165, 1.54) is 6.08 Å². The van der Waals surface area contributed by atoms with Gasteiger partial charge in [-0.15, -0.1) is 0 Å². The van der Waals surface area contributed by atoms with Gasteiger partial charge in [0.1, 0.15) is 18.3 Å². The summed E-state index contributed by atoms with van der Waals surface area (Å²) in [5.41, 5.74) is 1.06. The van der Waals surface area contributed by atoms with Crippen LogP contribution in [0.4, 0.5) is 0 Å². The van der Waals surface area contributed by atoms with Crippen LogP contribution in [0.3, 0.4) is 0 Å². The summed E-state index contributed by atoms with van der Waals surface area (Å²) in [6.07, 6.45) is 0.744. The van der Waals surface area contributed by atoms with Crippen LogP contribution < -0.4 is 5.32 Å². The molecule has 0 bridgehead atoms. The van der Waals surface area contributed by atoms with Crippen LogP contribution in [0.1, 0.15) is 12.0 Å². The van der Waals surface area contributed by atoms with Gasteiger partial charge in [0, 0.05) is 13.0 Å². The number of carbonyl (C=O) groups is 1. The number of benzene rings is 1. The van der Waals surface area contributed by atoms with Crippen molar-refractivity contribution in [2.45, 2.75) is 43.5 Å². The summed E-state index contributed by atoms with van der Waals surface area (Å²) in [5, 5.41) is 12.3. The van der Waals surface area contributed by atoms with E-state index in [1.807, 2.05) is 30.3 Å². The van der Waals surface area contributed by atoms with E-state index >= 15 is 0 Å². The Labute approximate surface area is 141 Å². The molecule has 2 heterocycles. The third kappa shape index (κ3) is 3.84. The van der Waals surface area contributed by atoms with Gasteiger partial charge in [0.15, 0.2) is 0 Å². The summed E-state index contributed by atoms with van der Waals surface area (Å²) < 4.78 is 17.9. The number of nitrogens with one attached hydrogen (secondary N) is 1. The Kier molecular flexibility index (Phi) is 5.63. The van der Waals surface area contributed by atoms with Crippen molar-refractivity contribution >= 4 is 5.91 Å². The Hall–Kier alpha value is -1.73. The van der Waals surface area contributed by atoms with Crippen molar-refractivity contribution in [2.24, 2.45) is 0 Å². The fourth-order valence-corrected chi connectivity index (χ4v) is 3.23. The third-order valence-electron chi connectivity index (χ3n) is 4.41. The summed E-state index contributed by atoms with van der Waals surface area (Å²) >= 11 is 0. The molecule has 0 saturated carbocycles. The van der Waals surface area contributed by atoms with Crippen molar-refractivity contribution in [1.82, 2.24) is 5.32 Å². The lowest BCUT2D eigenvalue weighted by Crippen LogP contribution is -2.38. The Bertz CT molecular complexity index is 564. The highest BCUT2D eigenvalue weighted by molar-refractivity contribution is 5.86. The van der Waals surface area contributed by atoms with Crippen molar-refractivity contribution in [2.75, 3.05) is 13.2 Å². The molecule has 1 aromatic carbocycles. The molecule has 0 spiro atoms. The average molecular weight is 333 g/mol. The lowest BCUT2D eigenvalue weighted by atomic mass is 10.1. The standard InChI is InChI=1S/C18H23NO5/c1-2-16(21)19-9-13-8-14-18(23-13)17(15(10-20)24-14)22-11-12-6-4-3-5-7-12/h2-7,13-15,17-18,20H,1,8-11H2,(H,19,21)/t13-,14+,15-,17-,18-/m1/s1. The van der Waals surface area contributed by atoms with Crippen molar-refractivity contribution in [1.29, 1.82) is 0 Å². The largest absolute Gasteiger partial charge is 0.394 e. The highest BCUT2D eigenvalue weighted by Crippen LogP contribution is 2.36. The molecule has 0 aliphatic carbocycles. The van der Waals surface area contributed by atoms with Crippen LogP contribution in [0.2, 0.25) is 0 Å². The van der Waals surface area contributed by atoms with E-state index in [-0.39, 0.29) is 43.0 Å². The maximum atomic E-state index is 11.3. The maximum Gasteiger partial charge on any atom is 0.243 e. The molecule has 2 aliphatic heterocycles. The van der Waals surface area contributed by atoms with E-state index < -0.39 is 0 Å². The van der Waals surface area contributed by atoms with Crippen LogP contribution in [0, 0.1) is 0 Å². The minimum Gasteiger partial charge on any atom is -0.394 e. The van der Waals surface area contributed by atoms with Crippen LogP contribution >= 0.6 is 0 Å². The zero-order valence-electron chi connectivity index (χ0n) is 13.5. The van der Waals surface area contributed by atoms with Crippen LogP contribution in [0.15, 0.2) is 43.0 Å². The number of ether oxygens (including phenoxy) is 3. The van der Waals surface area contributed by atoms with E-state index in [0.29, 0.717) is 19.6 Å². The predicted molar refractivity (Wildman–Crippen MR) is 87.3 cm³/mol. The smallest absolute Gasteiger partial charge is 0.243 e. The number of aliphatic hydroxyl groups is 1. The summed E-state index contributed by atoms with van der Waals surface area (Å²) in [6, 6.07) is 9.85. The first-order chi connectivity index (χ1) is 11.7. The van der Waals surface area contributed by atoms with Gasteiger partial charge in [0.25, 0.3) is 0 Å². The van der Waals surface area contributed by atoms with Crippen molar-refractivity contribution < 1.29 is 24.1 Å². The highest BCUT2D eigenvalue weighted by Gasteiger charge is 2.51. The van der Waals surface area contributed by atoms with Gasteiger partial charge in [-0.1, -0.05) is 36.9 Å². The second kappa shape index (κ2) is 7.90. The maximum absolute atomic E-state index is 11.3. The predicted octanol–water partition coefficient (Wildman–Crippen LogP) is 0.791. The number of rotatable bonds is 7. The van der Waals surface area contributed by atoms with Crippen LogP contribution in [-0.4, -0.2) is 54.7 Å². The number of fused-ring (bicyclic) bond motifs is 1. The summed E-state index contributed by atoms with van der Waals surface area (Å²) in [7, 11) is 0. The molecule has 2 aliphatic rings. The summed E-state index contributed by atoms with van der Waals surface area (Å²) in [5.74, 6) is -0.221. The van der Waals surface area contributed by atoms with E-state index in [2.05, 4.69) is 11.9 Å². The molecule has 6 nitrogen and oxygen atoms in total. The number of carbonyl (C=O) groups excluding carboxylic acids is 1. The van der Waals surface area contributed by atoms with E-state index in [4.69, 9.17) is 14.2 Å². The molecule has 3 rings (SSSR count). The SMILES string of the molecule is C=CC(=O)NC[C@H]1C[C@@H]2O[C@H](CO)[C@@H](OCc3ccccc3)[C@@H]2O1. The molecule has 1 aromatic rings. The third-order valence-corrected chi connectivity index (χ3v) is 4.41. The van der Waals surface area contributed by atoms with E-state index in [1.54, 1.807) is 0 Å². The Morgan fingerprint density at radius 2 is 2.17 bits per heavy atom. The van der Waals surface area contributed by atoms with Gasteiger partial charge in [0.05, 0.1) is 25.4 Å². The van der Waals surface area contributed by atoms with Gasteiger partial charge < -0.3 is 24.6 Å². The first-order valence-electron chi connectivity index (χ1n) is 8.19. The molecule has 0 radical (unpaired) electrons. The second-order valence-electron chi connectivity index (χ2n) is 6.06. The molecule has 24 heavy (non-hydrogen) atoms. The molecule has 2 N–H and O–H groups in total. The van der Waals surface area contributed by atoms with Crippen molar-refractivity contribution in [3.05, 3.63) is 48.6 Å². The summed E-state index contributed by atoms with van der Waals surface area (Å²) in [4.78, 5) is 11.3. The minimum atomic E-state index is -0.382. The molecule has 2 saturated heterocycles.